The minimum absolute atomic E-state index is 0.181. The highest BCUT2D eigenvalue weighted by Gasteiger charge is 2.39. The summed E-state index contributed by atoms with van der Waals surface area (Å²) in [6, 6.07) is 6.91. The molecule has 0 saturated heterocycles. The average molecular weight is 298 g/mol. The molecule has 1 aliphatic rings. The van der Waals surface area contributed by atoms with Crippen LogP contribution < -0.4 is 0 Å². The van der Waals surface area contributed by atoms with E-state index in [0.29, 0.717) is 18.9 Å². The summed E-state index contributed by atoms with van der Waals surface area (Å²) < 4.78 is 39.3. The zero-order chi connectivity index (χ0) is 15.0. The minimum atomic E-state index is -4.48. The van der Waals surface area contributed by atoms with E-state index in [1.807, 2.05) is 11.0 Å². The molecule has 3 rings (SSSR count). The average Bonchev–Trinajstić information content (AvgIpc) is 2.84. The zero-order valence-corrected chi connectivity index (χ0v) is 11.0. The van der Waals surface area contributed by atoms with E-state index in [4.69, 9.17) is 0 Å². The Balaban J connectivity index is 1.77. The van der Waals surface area contributed by atoms with E-state index in [-0.39, 0.29) is 18.8 Å². The highest BCUT2D eigenvalue weighted by molar-refractivity contribution is 5.31. The number of aromatic hydroxyl groups is 1. The molecule has 1 aliphatic heterocycles. The van der Waals surface area contributed by atoms with Crippen LogP contribution in [0.4, 0.5) is 13.2 Å². The van der Waals surface area contributed by atoms with E-state index in [1.54, 1.807) is 18.2 Å². The van der Waals surface area contributed by atoms with Crippen LogP contribution in [0.25, 0.3) is 0 Å². The molecule has 112 valence electrons. The molecule has 0 atom stereocenters. The van der Waals surface area contributed by atoms with Crippen molar-refractivity contribution in [1.82, 2.24) is 19.7 Å². The van der Waals surface area contributed by atoms with Gasteiger partial charge >= 0.3 is 6.18 Å². The first-order chi connectivity index (χ1) is 9.95. The molecule has 5 nitrogen and oxygen atoms in total. The van der Waals surface area contributed by atoms with Gasteiger partial charge in [0.15, 0.2) is 0 Å². The van der Waals surface area contributed by atoms with Gasteiger partial charge < -0.3 is 9.67 Å². The van der Waals surface area contributed by atoms with Crippen LogP contribution in [-0.4, -0.2) is 31.3 Å². The largest absolute Gasteiger partial charge is 0.508 e. The van der Waals surface area contributed by atoms with E-state index in [1.165, 1.54) is 0 Å². The van der Waals surface area contributed by atoms with Crippen molar-refractivity contribution in [3.63, 3.8) is 0 Å². The van der Waals surface area contributed by atoms with Crippen molar-refractivity contribution in [2.75, 3.05) is 6.54 Å². The predicted octanol–water partition coefficient (Wildman–Crippen LogP) is 2.02. The lowest BCUT2D eigenvalue weighted by molar-refractivity contribution is -0.148. The van der Waals surface area contributed by atoms with E-state index < -0.39 is 12.0 Å². The second-order valence-corrected chi connectivity index (χ2v) is 4.93. The van der Waals surface area contributed by atoms with Gasteiger partial charge in [-0.25, -0.2) is 0 Å². The number of hydrogen-bond acceptors (Lipinski definition) is 4. The number of alkyl halides is 3. The summed E-state index contributed by atoms with van der Waals surface area (Å²) in [7, 11) is 0. The number of phenolic OH excluding ortho intramolecular Hbond substituents is 1. The van der Waals surface area contributed by atoms with Gasteiger partial charge in [-0.1, -0.05) is 18.2 Å². The standard InChI is InChI=1S/C13H13F3N4O/c14-13(15,16)12-18-17-11-8-19(5-6-20(11)12)7-9-3-1-2-4-10(9)21/h1-4,21H,5-8H2. The molecule has 0 aliphatic carbocycles. The lowest BCUT2D eigenvalue weighted by atomic mass is 10.2. The Kier molecular flexibility index (Phi) is 3.32. The Morgan fingerprint density at radius 1 is 1.14 bits per heavy atom. The molecule has 0 spiro atoms. The molecule has 1 aromatic carbocycles. The Labute approximate surface area is 118 Å². The van der Waals surface area contributed by atoms with Crippen molar-refractivity contribution in [1.29, 1.82) is 0 Å². The van der Waals surface area contributed by atoms with Crippen LogP contribution >= 0.6 is 0 Å². The van der Waals surface area contributed by atoms with Crippen molar-refractivity contribution in [3.05, 3.63) is 41.5 Å². The predicted molar refractivity (Wildman–Crippen MR) is 67.2 cm³/mol. The molecule has 0 saturated carbocycles. The topological polar surface area (TPSA) is 54.2 Å². The number of phenols is 1. The van der Waals surface area contributed by atoms with Crippen LogP contribution in [0, 0.1) is 0 Å². The molecule has 0 bridgehead atoms. The first-order valence-electron chi connectivity index (χ1n) is 6.43. The van der Waals surface area contributed by atoms with Crippen molar-refractivity contribution >= 4 is 0 Å². The number of rotatable bonds is 2. The summed E-state index contributed by atoms with van der Waals surface area (Å²) in [6.07, 6.45) is -4.48. The van der Waals surface area contributed by atoms with Gasteiger partial charge in [-0.3, -0.25) is 4.90 Å². The minimum Gasteiger partial charge on any atom is -0.508 e. The summed E-state index contributed by atoms with van der Waals surface area (Å²) >= 11 is 0. The maximum atomic E-state index is 12.7. The first kappa shape index (κ1) is 13.9. The number of nitrogens with zero attached hydrogens (tertiary/aromatic N) is 4. The quantitative estimate of drug-likeness (QED) is 0.921. The molecule has 0 unspecified atom stereocenters. The van der Waals surface area contributed by atoms with Crippen LogP contribution in [0.15, 0.2) is 24.3 Å². The third kappa shape index (κ3) is 2.71. The molecule has 0 radical (unpaired) electrons. The fourth-order valence-electron chi connectivity index (χ4n) is 2.44. The maximum Gasteiger partial charge on any atom is 0.451 e. The van der Waals surface area contributed by atoms with Crippen molar-refractivity contribution in [2.45, 2.75) is 25.8 Å². The SMILES string of the molecule is Oc1ccccc1CN1CCn2c(nnc2C(F)(F)F)C1. The lowest BCUT2D eigenvalue weighted by Crippen LogP contribution is -2.34. The normalized spacial score (nSPS) is 16.0. The van der Waals surface area contributed by atoms with Gasteiger partial charge in [-0.15, -0.1) is 10.2 Å². The fraction of sp³-hybridized carbons (Fsp3) is 0.385. The van der Waals surface area contributed by atoms with Crippen LogP contribution in [-0.2, 0) is 25.8 Å². The van der Waals surface area contributed by atoms with Gasteiger partial charge in [0.2, 0.25) is 5.82 Å². The number of para-hydroxylation sites is 1. The summed E-state index contributed by atoms with van der Waals surface area (Å²) in [5, 5.41) is 16.6. The van der Waals surface area contributed by atoms with Crippen molar-refractivity contribution in [3.8, 4) is 5.75 Å². The molecule has 0 fully saturated rings. The van der Waals surface area contributed by atoms with Gasteiger partial charge in [0, 0.05) is 25.2 Å². The molecule has 2 heterocycles. The number of fused-ring (bicyclic) bond motifs is 1. The number of aromatic nitrogens is 3. The smallest absolute Gasteiger partial charge is 0.451 e. The molecule has 0 amide bonds. The van der Waals surface area contributed by atoms with Gasteiger partial charge in [0.05, 0.1) is 6.54 Å². The summed E-state index contributed by atoms with van der Waals surface area (Å²) in [6.45, 7) is 1.37. The third-order valence-electron chi connectivity index (χ3n) is 3.47. The lowest BCUT2D eigenvalue weighted by Gasteiger charge is -2.28. The van der Waals surface area contributed by atoms with Crippen molar-refractivity contribution in [2.24, 2.45) is 0 Å². The van der Waals surface area contributed by atoms with E-state index in [9.17, 15) is 18.3 Å². The van der Waals surface area contributed by atoms with E-state index in [2.05, 4.69) is 10.2 Å². The van der Waals surface area contributed by atoms with Crippen molar-refractivity contribution < 1.29 is 18.3 Å². The van der Waals surface area contributed by atoms with Gasteiger partial charge in [0.1, 0.15) is 11.6 Å². The Hall–Kier alpha value is -2.09. The molecule has 8 heteroatoms. The molecule has 2 aromatic rings. The molecular weight excluding hydrogens is 285 g/mol. The van der Waals surface area contributed by atoms with Gasteiger partial charge in [-0.05, 0) is 6.07 Å². The van der Waals surface area contributed by atoms with E-state index in [0.717, 1.165) is 10.1 Å². The van der Waals surface area contributed by atoms with Gasteiger partial charge in [0.25, 0.3) is 0 Å². The maximum absolute atomic E-state index is 12.7. The fourth-order valence-corrected chi connectivity index (χ4v) is 2.44. The van der Waals surface area contributed by atoms with Crippen LogP contribution in [0.5, 0.6) is 5.75 Å². The number of halogens is 3. The summed E-state index contributed by atoms with van der Waals surface area (Å²) in [5.41, 5.74) is 0.738. The highest BCUT2D eigenvalue weighted by atomic mass is 19.4. The summed E-state index contributed by atoms with van der Waals surface area (Å²) in [4.78, 5) is 1.93. The monoisotopic (exact) mass is 298 g/mol. The third-order valence-corrected chi connectivity index (χ3v) is 3.47. The highest BCUT2D eigenvalue weighted by Crippen LogP contribution is 2.30. The van der Waals surface area contributed by atoms with E-state index >= 15 is 0 Å². The van der Waals surface area contributed by atoms with Crippen LogP contribution in [0.1, 0.15) is 17.2 Å². The molecule has 21 heavy (non-hydrogen) atoms. The Bertz CT molecular complexity index is 653. The summed E-state index contributed by atoms with van der Waals surface area (Å²) in [5.74, 6) is -0.468. The Morgan fingerprint density at radius 2 is 1.90 bits per heavy atom. The second kappa shape index (κ2) is 5.03. The number of benzene rings is 1. The zero-order valence-electron chi connectivity index (χ0n) is 11.0. The van der Waals surface area contributed by atoms with Crippen LogP contribution in [0.2, 0.25) is 0 Å². The first-order valence-corrected chi connectivity index (χ1v) is 6.43. The van der Waals surface area contributed by atoms with Crippen LogP contribution in [0.3, 0.4) is 0 Å². The molecule has 1 N–H and O–H groups in total. The van der Waals surface area contributed by atoms with Gasteiger partial charge in [-0.2, -0.15) is 13.2 Å². The number of hydrogen-bond donors (Lipinski definition) is 1. The second-order valence-electron chi connectivity index (χ2n) is 4.93. The molecular formula is C13H13F3N4O. The Morgan fingerprint density at radius 3 is 2.62 bits per heavy atom. The molecule has 1 aromatic heterocycles.